The molecule has 0 bridgehead atoms. The number of para-hydroxylation sites is 2. The molecule has 0 aliphatic heterocycles. The molecule has 0 aliphatic carbocycles. The van der Waals surface area contributed by atoms with Gasteiger partial charge in [-0.05, 0) is 117 Å². The third-order valence-corrected chi connectivity index (χ3v) is 13.7. The Balaban J connectivity index is 0.915. The van der Waals surface area contributed by atoms with Gasteiger partial charge < -0.3 is 9.47 Å². The van der Waals surface area contributed by atoms with Crippen molar-refractivity contribution < 1.29 is 0 Å². The summed E-state index contributed by atoms with van der Waals surface area (Å²) in [6.45, 7) is 0. The van der Waals surface area contributed by atoms with Gasteiger partial charge in [-0.25, -0.2) is 0 Å². The summed E-state index contributed by atoms with van der Waals surface area (Å²) < 4.78 is 5.02. The van der Waals surface area contributed by atoms with E-state index in [-0.39, 0.29) is 0 Å². The van der Waals surface area contributed by atoms with E-state index in [0.717, 1.165) is 17.1 Å². The molecule has 2 aromatic heterocycles. The third-order valence-electron chi connectivity index (χ3n) is 12.4. The van der Waals surface area contributed by atoms with Crippen LogP contribution in [0.15, 0.2) is 243 Å². The number of anilines is 3. The number of aromatic nitrogens is 1. The van der Waals surface area contributed by atoms with Gasteiger partial charge in [-0.1, -0.05) is 170 Å². The monoisotopic (exact) mass is 820 g/mol. The first kappa shape index (κ1) is 36.8. The molecule has 0 fully saturated rings. The fourth-order valence-corrected chi connectivity index (χ4v) is 10.5. The maximum atomic E-state index is 2.37. The number of thiophene rings is 1. The van der Waals surface area contributed by atoms with Gasteiger partial charge in [0.2, 0.25) is 0 Å². The highest BCUT2D eigenvalue weighted by Gasteiger charge is 2.17. The Bertz CT molecular complexity index is 3570. The molecule has 296 valence electrons. The molecule has 0 aliphatic rings. The normalized spacial score (nSPS) is 11.5. The summed E-state index contributed by atoms with van der Waals surface area (Å²) in [5.74, 6) is 0. The molecule has 2 heterocycles. The van der Waals surface area contributed by atoms with Crippen molar-refractivity contribution in [3.63, 3.8) is 0 Å². The molecule has 63 heavy (non-hydrogen) atoms. The van der Waals surface area contributed by atoms with Crippen LogP contribution in [-0.2, 0) is 0 Å². The molecule has 0 unspecified atom stereocenters. The summed E-state index contributed by atoms with van der Waals surface area (Å²) in [4.78, 5) is 2.37. The second-order valence-corrected chi connectivity index (χ2v) is 17.2. The average molecular weight is 821 g/mol. The van der Waals surface area contributed by atoms with Crippen molar-refractivity contribution in [3.05, 3.63) is 243 Å². The van der Waals surface area contributed by atoms with Gasteiger partial charge in [0.15, 0.2) is 0 Å². The molecule has 0 atom stereocenters. The first-order chi connectivity index (χ1) is 31.2. The second kappa shape index (κ2) is 15.5. The van der Waals surface area contributed by atoms with Crippen LogP contribution in [0.1, 0.15) is 0 Å². The minimum absolute atomic E-state index is 1.10. The maximum Gasteiger partial charge on any atom is 0.0541 e. The highest BCUT2D eigenvalue weighted by atomic mass is 32.1. The lowest BCUT2D eigenvalue weighted by molar-refractivity contribution is 1.18. The molecule has 2 nitrogen and oxygen atoms in total. The Morgan fingerprint density at radius 1 is 0.302 bits per heavy atom. The number of hydrogen-bond acceptors (Lipinski definition) is 2. The summed E-state index contributed by atoms with van der Waals surface area (Å²) in [7, 11) is 0. The molecule has 12 rings (SSSR count). The number of rotatable bonds is 8. The van der Waals surface area contributed by atoms with Crippen molar-refractivity contribution in [1.82, 2.24) is 4.57 Å². The Labute approximate surface area is 370 Å². The Morgan fingerprint density at radius 3 is 1.41 bits per heavy atom. The number of benzene rings is 10. The van der Waals surface area contributed by atoms with Crippen molar-refractivity contribution in [2.24, 2.45) is 0 Å². The largest absolute Gasteiger partial charge is 0.311 e. The van der Waals surface area contributed by atoms with Gasteiger partial charge in [-0.2, -0.15) is 0 Å². The van der Waals surface area contributed by atoms with Crippen molar-refractivity contribution in [2.75, 3.05) is 4.90 Å². The van der Waals surface area contributed by atoms with Crippen molar-refractivity contribution in [3.8, 4) is 50.2 Å². The molecule has 0 N–H and O–H groups in total. The summed E-state index contributed by atoms with van der Waals surface area (Å²) >= 11 is 1.88. The van der Waals surface area contributed by atoms with Gasteiger partial charge in [0.25, 0.3) is 0 Å². The molecule has 3 heteroatoms. The Hall–Kier alpha value is -7.98. The van der Waals surface area contributed by atoms with Gasteiger partial charge in [0.1, 0.15) is 0 Å². The summed E-state index contributed by atoms with van der Waals surface area (Å²) in [5, 5.41) is 5.14. The number of nitrogens with zero attached hydrogens (tertiary/aromatic N) is 2. The fraction of sp³-hybridized carbons (Fsp3) is 0. The molecule has 0 amide bonds. The van der Waals surface area contributed by atoms with E-state index in [1.807, 2.05) is 11.3 Å². The molecular formula is C60H40N2S. The Kier molecular flexibility index (Phi) is 9.06. The lowest BCUT2D eigenvalue weighted by Crippen LogP contribution is -2.09. The van der Waals surface area contributed by atoms with E-state index >= 15 is 0 Å². The van der Waals surface area contributed by atoms with E-state index in [2.05, 4.69) is 252 Å². The minimum atomic E-state index is 1.10. The predicted molar refractivity (Wildman–Crippen MR) is 270 cm³/mol. The molecule has 12 aromatic rings. The van der Waals surface area contributed by atoms with Crippen LogP contribution in [0.5, 0.6) is 0 Å². The minimum Gasteiger partial charge on any atom is -0.311 e. The van der Waals surface area contributed by atoms with E-state index in [4.69, 9.17) is 0 Å². The van der Waals surface area contributed by atoms with E-state index < -0.39 is 0 Å². The predicted octanol–water partition coefficient (Wildman–Crippen LogP) is 17.3. The smallest absolute Gasteiger partial charge is 0.0541 e. The standard InChI is InChI=1S/C60H40N2S/c1-3-12-41(13-4-1)42-22-24-43(25-23-42)44-26-33-49(34-27-44)61(51-37-30-46(31-38-51)52-18-11-19-55-54-17-8-10-21-59(54)63-60(52)55)50-35-28-45(29-36-50)47-32-39-58-56(40-47)53-16-7-9-20-57(53)62(58)48-14-5-2-6-15-48/h1-40H. The highest BCUT2D eigenvalue weighted by Crippen LogP contribution is 2.42. The average Bonchev–Trinajstić information content (AvgIpc) is 3.91. The van der Waals surface area contributed by atoms with Crippen LogP contribution in [-0.4, -0.2) is 4.57 Å². The number of fused-ring (bicyclic) bond motifs is 6. The maximum absolute atomic E-state index is 2.37. The lowest BCUT2D eigenvalue weighted by Gasteiger charge is -2.26. The topological polar surface area (TPSA) is 8.17 Å². The van der Waals surface area contributed by atoms with Crippen LogP contribution in [0.4, 0.5) is 17.1 Å². The van der Waals surface area contributed by atoms with E-state index in [9.17, 15) is 0 Å². The van der Waals surface area contributed by atoms with Crippen LogP contribution in [0.3, 0.4) is 0 Å². The Morgan fingerprint density at radius 2 is 0.762 bits per heavy atom. The third kappa shape index (κ3) is 6.58. The molecular weight excluding hydrogens is 781 g/mol. The van der Waals surface area contributed by atoms with Gasteiger partial charge >= 0.3 is 0 Å². The van der Waals surface area contributed by atoms with Crippen LogP contribution in [0, 0.1) is 0 Å². The van der Waals surface area contributed by atoms with Gasteiger partial charge in [0.05, 0.1) is 11.0 Å². The van der Waals surface area contributed by atoms with Crippen LogP contribution >= 0.6 is 11.3 Å². The van der Waals surface area contributed by atoms with E-state index in [0.29, 0.717) is 0 Å². The SMILES string of the molecule is c1ccc(-c2ccc(-c3ccc(N(c4ccc(-c5ccc6c(c5)c5ccccc5n6-c5ccccc5)cc4)c4ccc(-c5cccc6c5sc5ccccc56)cc4)cc3)cc2)cc1. The molecule has 0 radical (unpaired) electrons. The van der Waals surface area contributed by atoms with Gasteiger partial charge in [-0.15, -0.1) is 11.3 Å². The van der Waals surface area contributed by atoms with Crippen LogP contribution < -0.4 is 4.90 Å². The molecule has 10 aromatic carbocycles. The first-order valence-corrected chi connectivity index (χ1v) is 22.3. The highest BCUT2D eigenvalue weighted by molar-refractivity contribution is 7.26. The molecule has 0 saturated heterocycles. The summed E-state index contributed by atoms with van der Waals surface area (Å²) in [5.41, 5.74) is 16.6. The van der Waals surface area contributed by atoms with E-state index in [1.165, 1.54) is 92.2 Å². The molecule has 0 spiro atoms. The van der Waals surface area contributed by atoms with E-state index in [1.54, 1.807) is 0 Å². The summed E-state index contributed by atoms with van der Waals surface area (Å²) in [6, 6.07) is 88.2. The lowest BCUT2D eigenvalue weighted by atomic mass is 9.99. The first-order valence-electron chi connectivity index (χ1n) is 21.5. The van der Waals surface area contributed by atoms with Gasteiger partial charge in [0, 0.05) is 53.7 Å². The van der Waals surface area contributed by atoms with Crippen molar-refractivity contribution >= 4 is 70.4 Å². The second-order valence-electron chi connectivity index (χ2n) is 16.1. The zero-order chi connectivity index (χ0) is 41.7. The zero-order valence-electron chi connectivity index (χ0n) is 34.4. The molecule has 0 saturated carbocycles. The van der Waals surface area contributed by atoms with Crippen LogP contribution in [0.2, 0.25) is 0 Å². The number of hydrogen-bond donors (Lipinski definition) is 0. The zero-order valence-corrected chi connectivity index (χ0v) is 35.2. The quantitative estimate of drug-likeness (QED) is 0.148. The fourth-order valence-electron chi connectivity index (χ4n) is 9.31. The van der Waals surface area contributed by atoms with Crippen LogP contribution in [0.25, 0.3) is 92.2 Å². The van der Waals surface area contributed by atoms with Crippen molar-refractivity contribution in [1.29, 1.82) is 0 Å². The van der Waals surface area contributed by atoms with Crippen molar-refractivity contribution in [2.45, 2.75) is 0 Å². The summed E-state index contributed by atoms with van der Waals surface area (Å²) in [6.07, 6.45) is 0. The van der Waals surface area contributed by atoms with Gasteiger partial charge in [-0.3, -0.25) is 0 Å².